The van der Waals surface area contributed by atoms with Crippen LogP contribution in [0.5, 0.6) is 23.0 Å². The molecule has 1 aliphatic carbocycles. The SMILES string of the molecule is COc1cc(C2(c3ccc(O)c(OC)c3)Cc3cc(-c4cc[nH]n4)cc2c3C)ccc1O. The summed E-state index contributed by atoms with van der Waals surface area (Å²) in [6, 6.07) is 17.3. The number of ether oxygens (including phenoxy) is 2. The minimum Gasteiger partial charge on any atom is -0.504 e. The minimum atomic E-state index is -0.546. The first-order chi connectivity index (χ1) is 15.5. The number of hydrogen-bond donors (Lipinski definition) is 3. The molecule has 3 aromatic carbocycles. The first-order valence-electron chi connectivity index (χ1n) is 10.4. The average Bonchev–Trinajstić information content (AvgIpc) is 3.38. The maximum Gasteiger partial charge on any atom is 0.160 e. The molecule has 3 N–H and O–H groups in total. The number of phenols is 2. The number of aromatic nitrogens is 2. The zero-order valence-electron chi connectivity index (χ0n) is 18.1. The van der Waals surface area contributed by atoms with Crippen molar-refractivity contribution in [2.24, 2.45) is 0 Å². The predicted octanol–water partition coefficient (Wildman–Crippen LogP) is 4.70. The Hall–Kier alpha value is -3.93. The molecular formula is C26H24N2O4. The van der Waals surface area contributed by atoms with Gasteiger partial charge in [0.1, 0.15) is 0 Å². The van der Waals surface area contributed by atoms with Crippen molar-refractivity contribution in [2.45, 2.75) is 18.8 Å². The van der Waals surface area contributed by atoms with Gasteiger partial charge < -0.3 is 19.7 Å². The Labute approximate surface area is 186 Å². The van der Waals surface area contributed by atoms with Crippen LogP contribution in [0, 0.1) is 6.92 Å². The normalized spacial score (nSPS) is 13.8. The zero-order chi connectivity index (χ0) is 22.5. The summed E-state index contributed by atoms with van der Waals surface area (Å²) in [6.07, 6.45) is 2.54. The van der Waals surface area contributed by atoms with Gasteiger partial charge in [-0.1, -0.05) is 12.1 Å². The molecule has 2 bridgehead atoms. The van der Waals surface area contributed by atoms with Crippen molar-refractivity contribution in [1.82, 2.24) is 10.2 Å². The molecule has 1 aliphatic rings. The smallest absolute Gasteiger partial charge is 0.160 e. The van der Waals surface area contributed by atoms with Crippen LogP contribution in [0.1, 0.15) is 27.8 Å². The number of nitrogens with zero attached hydrogens (tertiary/aromatic N) is 1. The number of H-pyrrole nitrogens is 1. The second kappa shape index (κ2) is 7.34. The van der Waals surface area contributed by atoms with Gasteiger partial charge in [0.05, 0.1) is 19.9 Å². The molecule has 4 aromatic rings. The summed E-state index contributed by atoms with van der Waals surface area (Å²) in [7, 11) is 3.09. The van der Waals surface area contributed by atoms with E-state index in [9.17, 15) is 10.2 Å². The monoisotopic (exact) mass is 428 g/mol. The van der Waals surface area contributed by atoms with Crippen molar-refractivity contribution in [2.75, 3.05) is 14.2 Å². The highest BCUT2D eigenvalue weighted by molar-refractivity contribution is 5.71. The quantitative estimate of drug-likeness (QED) is 0.429. The zero-order valence-corrected chi connectivity index (χ0v) is 18.1. The fourth-order valence-corrected chi connectivity index (χ4v) is 4.92. The van der Waals surface area contributed by atoms with Crippen molar-refractivity contribution < 1.29 is 19.7 Å². The number of aromatic amines is 1. The second-order valence-corrected chi connectivity index (χ2v) is 8.12. The van der Waals surface area contributed by atoms with Gasteiger partial charge in [0.15, 0.2) is 23.0 Å². The Balaban J connectivity index is 1.81. The van der Waals surface area contributed by atoms with E-state index in [1.54, 1.807) is 26.4 Å². The van der Waals surface area contributed by atoms with E-state index in [4.69, 9.17) is 9.47 Å². The topological polar surface area (TPSA) is 87.6 Å². The molecule has 32 heavy (non-hydrogen) atoms. The van der Waals surface area contributed by atoms with Crippen molar-refractivity contribution in [1.29, 1.82) is 0 Å². The molecule has 0 spiro atoms. The number of nitrogens with one attached hydrogen (secondary N) is 1. The lowest BCUT2D eigenvalue weighted by Gasteiger charge is -2.33. The molecule has 0 aliphatic heterocycles. The van der Waals surface area contributed by atoms with Gasteiger partial charge in [-0.15, -0.1) is 0 Å². The van der Waals surface area contributed by atoms with Gasteiger partial charge in [-0.2, -0.15) is 5.10 Å². The van der Waals surface area contributed by atoms with Crippen molar-refractivity contribution in [3.05, 3.63) is 88.6 Å². The molecule has 6 nitrogen and oxygen atoms in total. The fraction of sp³-hybridized carbons (Fsp3) is 0.192. The second-order valence-electron chi connectivity index (χ2n) is 8.12. The Bertz CT molecular complexity index is 1260. The molecule has 0 amide bonds. The molecule has 1 aromatic heterocycles. The van der Waals surface area contributed by atoms with Gasteiger partial charge >= 0.3 is 0 Å². The molecule has 0 fully saturated rings. The van der Waals surface area contributed by atoms with Crippen LogP contribution in [0.2, 0.25) is 0 Å². The van der Waals surface area contributed by atoms with Crippen LogP contribution in [0.4, 0.5) is 0 Å². The lowest BCUT2D eigenvalue weighted by atomic mass is 9.70. The van der Waals surface area contributed by atoms with Crippen molar-refractivity contribution >= 4 is 0 Å². The van der Waals surface area contributed by atoms with E-state index >= 15 is 0 Å². The van der Waals surface area contributed by atoms with Crippen LogP contribution < -0.4 is 9.47 Å². The Kier molecular flexibility index (Phi) is 4.59. The molecule has 162 valence electrons. The highest BCUT2D eigenvalue weighted by Gasteiger charge is 2.44. The van der Waals surface area contributed by atoms with Gasteiger partial charge in [0, 0.05) is 17.2 Å². The number of phenolic OH excluding ortho intramolecular Hbond substituents is 2. The standard InChI is InChI=1S/C26H24N2O4/c1-15-17-10-16(21-8-9-27-28-21)11-20(15)26(14-17,18-4-6-22(29)24(12-18)31-2)19-5-7-23(30)25(13-19)32-3/h4-13,29-30H,14H2,1-3H3,(H,27,28). The summed E-state index contributed by atoms with van der Waals surface area (Å²) in [5.41, 5.74) is 6.93. The van der Waals surface area contributed by atoms with Crippen LogP contribution in [0.3, 0.4) is 0 Å². The van der Waals surface area contributed by atoms with Crippen molar-refractivity contribution in [3.63, 3.8) is 0 Å². The lowest BCUT2D eigenvalue weighted by Crippen LogP contribution is -2.28. The highest BCUT2D eigenvalue weighted by Crippen LogP contribution is 2.52. The van der Waals surface area contributed by atoms with Crippen LogP contribution in [-0.2, 0) is 11.8 Å². The number of hydrogen-bond acceptors (Lipinski definition) is 5. The van der Waals surface area contributed by atoms with Gasteiger partial charge in [0.2, 0.25) is 0 Å². The molecule has 0 saturated heterocycles. The largest absolute Gasteiger partial charge is 0.504 e. The Morgan fingerprint density at radius 1 is 0.875 bits per heavy atom. The molecule has 1 heterocycles. The molecule has 0 saturated carbocycles. The minimum absolute atomic E-state index is 0.0910. The predicted molar refractivity (Wildman–Crippen MR) is 122 cm³/mol. The lowest BCUT2D eigenvalue weighted by molar-refractivity contribution is 0.370. The maximum absolute atomic E-state index is 10.2. The first kappa shape index (κ1) is 20.0. The molecule has 0 radical (unpaired) electrons. The average molecular weight is 428 g/mol. The van der Waals surface area contributed by atoms with Crippen molar-refractivity contribution in [3.8, 4) is 34.3 Å². The molecule has 0 unspecified atom stereocenters. The van der Waals surface area contributed by atoms with E-state index in [0.717, 1.165) is 34.4 Å². The summed E-state index contributed by atoms with van der Waals surface area (Å²) in [5, 5.41) is 27.7. The van der Waals surface area contributed by atoms with Crippen LogP contribution in [0.25, 0.3) is 11.3 Å². The molecule has 5 rings (SSSR count). The molecule has 0 atom stereocenters. The Morgan fingerprint density at radius 2 is 1.50 bits per heavy atom. The molecular weight excluding hydrogens is 404 g/mol. The van der Waals surface area contributed by atoms with E-state index in [1.807, 2.05) is 36.5 Å². The number of methoxy groups -OCH3 is 2. The highest BCUT2D eigenvalue weighted by atomic mass is 16.5. The summed E-state index contributed by atoms with van der Waals surface area (Å²) < 4.78 is 10.9. The van der Waals surface area contributed by atoms with Crippen LogP contribution >= 0.6 is 0 Å². The van der Waals surface area contributed by atoms with Crippen LogP contribution in [-0.4, -0.2) is 34.6 Å². The van der Waals surface area contributed by atoms with Gasteiger partial charge in [0.25, 0.3) is 0 Å². The number of benzene rings is 3. The third-order valence-corrected chi connectivity index (χ3v) is 6.57. The Morgan fingerprint density at radius 3 is 2.03 bits per heavy atom. The van der Waals surface area contributed by atoms with E-state index in [-0.39, 0.29) is 11.5 Å². The number of aromatic hydroxyl groups is 2. The first-order valence-corrected chi connectivity index (χ1v) is 10.4. The van der Waals surface area contributed by atoms with E-state index in [2.05, 4.69) is 29.3 Å². The summed E-state index contributed by atoms with van der Waals surface area (Å²) in [5.74, 6) is 1.01. The van der Waals surface area contributed by atoms with Gasteiger partial charge in [-0.05, 0) is 83.6 Å². The molecule has 6 heteroatoms. The number of fused-ring (bicyclic) bond motifs is 2. The third-order valence-electron chi connectivity index (χ3n) is 6.57. The van der Waals surface area contributed by atoms with E-state index < -0.39 is 5.41 Å². The van der Waals surface area contributed by atoms with Gasteiger partial charge in [-0.25, -0.2) is 0 Å². The summed E-state index contributed by atoms with van der Waals surface area (Å²) in [6.45, 7) is 2.13. The van der Waals surface area contributed by atoms with Gasteiger partial charge in [-0.3, -0.25) is 5.10 Å². The van der Waals surface area contributed by atoms with E-state index in [0.29, 0.717) is 11.5 Å². The number of rotatable bonds is 5. The van der Waals surface area contributed by atoms with E-state index in [1.165, 1.54) is 11.1 Å². The fourth-order valence-electron chi connectivity index (χ4n) is 4.92. The summed E-state index contributed by atoms with van der Waals surface area (Å²) >= 11 is 0. The summed E-state index contributed by atoms with van der Waals surface area (Å²) in [4.78, 5) is 0. The van der Waals surface area contributed by atoms with Crippen LogP contribution in [0.15, 0.2) is 60.8 Å². The maximum atomic E-state index is 10.2. The third kappa shape index (κ3) is 2.83.